The van der Waals surface area contributed by atoms with Crippen LogP contribution < -0.4 is 5.73 Å². The van der Waals surface area contributed by atoms with E-state index in [0.29, 0.717) is 13.0 Å². The molecule has 0 radical (unpaired) electrons. The van der Waals surface area contributed by atoms with E-state index in [9.17, 15) is 4.79 Å². The zero-order valence-electron chi connectivity index (χ0n) is 7.29. The quantitative estimate of drug-likeness (QED) is 0.642. The van der Waals surface area contributed by atoms with E-state index in [-0.39, 0.29) is 12.0 Å². The molecule has 4 heteroatoms. The van der Waals surface area contributed by atoms with Crippen LogP contribution in [0.15, 0.2) is 0 Å². The van der Waals surface area contributed by atoms with Crippen LogP contribution >= 0.6 is 0 Å². The van der Waals surface area contributed by atoms with E-state index in [2.05, 4.69) is 0 Å². The molecule has 1 fully saturated rings. The van der Waals surface area contributed by atoms with Crippen molar-refractivity contribution in [2.24, 2.45) is 5.73 Å². The average Bonchev–Trinajstić information content (AvgIpc) is 2.28. The third kappa shape index (κ3) is 2.46. The lowest BCUT2D eigenvalue weighted by atomic mass is 10.1. The summed E-state index contributed by atoms with van der Waals surface area (Å²) in [7, 11) is 1.68. The van der Waals surface area contributed by atoms with Crippen molar-refractivity contribution < 1.29 is 14.3 Å². The molecule has 2 atom stereocenters. The maximum absolute atomic E-state index is 10.8. The summed E-state index contributed by atoms with van der Waals surface area (Å²) in [5, 5.41) is 0. The van der Waals surface area contributed by atoms with Gasteiger partial charge in [0.25, 0.3) is 0 Å². The molecule has 1 rings (SSSR count). The van der Waals surface area contributed by atoms with Gasteiger partial charge in [0, 0.05) is 7.11 Å². The molecule has 1 saturated heterocycles. The Morgan fingerprint density at radius 1 is 1.50 bits per heavy atom. The fraction of sp³-hybridized carbons (Fsp3) is 0.875. The van der Waals surface area contributed by atoms with Gasteiger partial charge in [0.05, 0.1) is 12.7 Å². The van der Waals surface area contributed by atoms with Crippen molar-refractivity contribution in [2.75, 3.05) is 13.7 Å². The van der Waals surface area contributed by atoms with Crippen LogP contribution in [0.3, 0.4) is 0 Å². The first-order valence-electron chi connectivity index (χ1n) is 4.17. The number of amides is 1. The van der Waals surface area contributed by atoms with Crippen molar-refractivity contribution in [1.82, 2.24) is 0 Å². The van der Waals surface area contributed by atoms with Crippen LogP contribution in [0.25, 0.3) is 0 Å². The van der Waals surface area contributed by atoms with Gasteiger partial charge in [-0.25, -0.2) is 0 Å². The Morgan fingerprint density at radius 3 is 2.83 bits per heavy atom. The van der Waals surface area contributed by atoms with Gasteiger partial charge in [-0.1, -0.05) is 0 Å². The van der Waals surface area contributed by atoms with Crippen LogP contribution in [0.2, 0.25) is 0 Å². The molecule has 0 bridgehead atoms. The molecule has 0 saturated carbocycles. The molecule has 0 spiro atoms. The second kappa shape index (κ2) is 4.42. The maximum Gasteiger partial charge on any atom is 0.246 e. The SMILES string of the molecule is CO[C@H]1CCO[C@H](C(N)=O)CC1. The van der Waals surface area contributed by atoms with Crippen molar-refractivity contribution in [2.45, 2.75) is 31.5 Å². The molecule has 0 aromatic rings. The second-order valence-corrected chi connectivity index (χ2v) is 2.99. The molecule has 0 aromatic carbocycles. The number of ether oxygens (including phenoxy) is 2. The largest absolute Gasteiger partial charge is 0.381 e. The van der Waals surface area contributed by atoms with Crippen LogP contribution in [0, 0.1) is 0 Å². The number of carbonyl (C=O) groups is 1. The van der Waals surface area contributed by atoms with Crippen molar-refractivity contribution >= 4 is 5.91 Å². The molecule has 70 valence electrons. The van der Waals surface area contributed by atoms with Crippen molar-refractivity contribution in [3.63, 3.8) is 0 Å². The summed E-state index contributed by atoms with van der Waals surface area (Å²) < 4.78 is 10.4. The highest BCUT2D eigenvalue weighted by atomic mass is 16.5. The minimum Gasteiger partial charge on any atom is -0.381 e. The Morgan fingerprint density at radius 2 is 2.25 bits per heavy atom. The van der Waals surface area contributed by atoms with Gasteiger partial charge in [0.2, 0.25) is 5.91 Å². The standard InChI is InChI=1S/C8H15NO3/c1-11-6-2-3-7(8(9)10)12-5-4-6/h6-7H,2-5H2,1H3,(H2,9,10)/t6-,7+/m1/s1. The topological polar surface area (TPSA) is 61.6 Å². The van der Waals surface area contributed by atoms with Crippen molar-refractivity contribution in [3.8, 4) is 0 Å². The Kier molecular flexibility index (Phi) is 3.49. The number of primary amides is 1. The highest BCUT2D eigenvalue weighted by Crippen LogP contribution is 2.15. The first-order valence-corrected chi connectivity index (χ1v) is 4.17. The third-order valence-corrected chi connectivity index (χ3v) is 2.16. The number of methoxy groups -OCH3 is 1. The highest BCUT2D eigenvalue weighted by Gasteiger charge is 2.22. The van der Waals surface area contributed by atoms with Crippen LogP contribution in [0.4, 0.5) is 0 Å². The molecule has 4 nitrogen and oxygen atoms in total. The van der Waals surface area contributed by atoms with Crippen LogP contribution in [-0.2, 0) is 14.3 Å². The Bertz CT molecular complexity index is 160. The van der Waals surface area contributed by atoms with E-state index in [1.54, 1.807) is 7.11 Å². The van der Waals surface area contributed by atoms with E-state index in [1.807, 2.05) is 0 Å². The number of rotatable bonds is 2. The van der Waals surface area contributed by atoms with E-state index >= 15 is 0 Å². The molecule has 0 unspecified atom stereocenters. The van der Waals surface area contributed by atoms with E-state index in [0.717, 1.165) is 12.8 Å². The van der Waals surface area contributed by atoms with E-state index in [4.69, 9.17) is 15.2 Å². The maximum atomic E-state index is 10.8. The van der Waals surface area contributed by atoms with E-state index in [1.165, 1.54) is 0 Å². The molecule has 0 aromatic heterocycles. The van der Waals surface area contributed by atoms with Gasteiger partial charge in [-0.05, 0) is 19.3 Å². The first kappa shape index (κ1) is 9.48. The lowest BCUT2D eigenvalue weighted by Crippen LogP contribution is -2.30. The summed E-state index contributed by atoms with van der Waals surface area (Å²) in [4.78, 5) is 10.8. The Labute approximate surface area is 72.0 Å². The van der Waals surface area contributed by atoms with Gasteiger partial charge >= 0.3 is 0 Å². The van der Waals surface area contributed by atoms with Crippen LogP contribution in [-0.4, -0.2) is 31.8 Å². The summed E-state index contributed by atoms with van der Waals surface area (Å²) in [6.07, 6.45) is 2.18. The summed E-state index contributed by atoms with van der Waals surface area (Å²) >= 11 is 0. The molecule has 1 aliphatic rings. The number of hydrogen-bond donors (Lipinski definition) is 1. The van der Waals surface area contributed by atoms with Gasteiger partial charge in [-0.2, -0.15) is 0 Å². The lowest BCUT2D eigenvalue weighted by Gasteiger charge is -2.10. The minimum absolute atomic E-state index is 0.217. The van der Waals surface area contributed by atoms with Gasteiger partial charge in [0.1, 0.15) is 6.10 Å². The monoisotopic (exact) mass is 173 g/mol. The summed E-state index contributed by atoms with van der Waals surface area (Å²) in [6.45, 7) is 0.562. The molecular formula is C8H15NO3. The molecule has 1 aliphatic heterocycles. The zero-order valence-corrected chi connectivity index (χ0v) is 7.29. The summed E-state index contributed by atoms with van der Waals surface area (Å²) in [6, 6.07) is 0. The lowest BCUT2D eigenvalue weighted by molar-refractivity contribution is -0.129. The second-order valence-electron chi connectivity index (χ2n) is 2.99. The molecule has 2 N–H and O–H groups in total. The molecular weight excluding hydrogens is 158 g/mol. The molecule has 0 aliphatic carbocycles. The smallest absolute Gasteiger partial charge is 0.246 e. The van der Waals surface area contributed by atoms with Gasteiger partial charge in [0.15, 0.2) is 0 Å². The van der Waals surface area contributed by atoms with Crippen LogP contribution in [0.1, 0.15) is 19.3 Å². The minimum atomic E-state index is -0.412. The predicted molar refractivity (Wildman–Crippen MR) is 43.6 cm³/mol. The van der Waals surface area contributed by atoms with E-state index < -0.39 is 6.10 Å². The highest BCUT2D eigenvalue weighted by molar-refractivity contribution is 5.78. The van der Waals surface area contributed by atoms with Gasteiger partial charge in [-0.15, -0.1) is 0 Å². The zero-order chi connectivity index (χ0) is 8.97. The first-order chi connectivity index (χ1) is 5.74. The van der Waals surface area contributed by atoms with Gasteiger partial charge < -0.3 is 15.2 Å². The summed E-state index contributed by atoms with van der Waals surface area (Å²) in [5.74, 6) is -0.369. The molecule has 12 heavy (non-hydrogen) atoms. The fourth-order valence-corrected chi connectivity index (χ4v) is 1.37. The number of nitrogens with two attached hydrogens (primary N) is 1. The molecule has 1 amide bonds. The predicted octanol–water partition coefficient (Wildman–Crippen LogP) is 0.0558. The summed E-state index contributed by atoms with van der Waals surface area (Å²) in [5.41, 5.74) is 5.12. The molecule has 1 heterocycles. The Hall–Kier alpha value is -0.610. The average molecular weight is 173 g/mol. The van der Waals surface area contributed by atoms with Crippen molar-refractivity contribution in [3.05, 3.63) is 0 Å². The normalized spacial score (nSPS) is 31.1. The fourth-order valence-electron chi connectivity index (χ4n) is 1.37. The number of hydrogen-bond acceptors (Lipinski definition) is 3. The van der Waals surface area contributed by atoms with Gasteiger partial charge in [-0.3, -0.25) is 4.79 Å². The van der Waals surface area contributed by atoms with Crippen molar-refractivity contribution in [1.29, 1.82) is 0 Å². The third-order valence-electron chi connectivity index (χ3n) is 2.16. The number of carbonyl (C=O) groups excluding carboxylic acids is 1. The van der Waals surface area contributed by atoms with Crippen LogP contribution in [0.5, 0.6) is 0 Å². The Balaban J connectivity index is 2.39.